The molecule has 0 fully saturated rings. The van der Waals surface area contributed by atoms with E-state index in [4.69, 9.17) is 4.74 Å². The average molecular weight is 377 g/mol. The fourth-order valence-electron chi connectivity index (χ4n) is 3.77. The molecule has 2 aliphatic rings. The number of phenolic OH excluding ortho intramolecular Hbond substituents is 1. The Morgan fingerprint density at radius 1 is 1.39 bits per heavy atom. The van der Waals surface area contributed by atoms with Crippen LogP contribution in [0, 0.1) is 5.92 Å². The van der Waals surface area contributed by atoms with Gasteiger partial charge in [0.15, 0.2) is 0 Å². The lowest BCUT2D eigenvalue weighted by Crippen LogP contribution is -2.25. The summed E-state index contributed by atoms with van der Waals surface area (Å²) >= 11 is 3.61. The van der Waals surface area contributed by atoms with Crippen LogP contribution >= 0.6 is 15.9 Å². The van der Waals surface area contributed by atoms with E-state index >= 15 is 0 Å². The summed E-state index contributed by atoms with van der Waals surface area (Å²) in [6, 6.07) is 2.09. The van der Waals surface area contributed by atoms with Crippen LogP contribution in [0.5, 0.6) is 11.5 Å². The monoisotopic (exact) mass is 376 g/mol. The lowest BCUT2D eigenvalue weighted by molar-refractivity contribution is 0.274. The Hall–Kier alpha value is -1.22. The summed E-state index contributed by atoms with van der Waals surface area (Å²) in [6.07, 6.45) is 8.87. The Bertz CT molecular complexity index is 660. The number of halogens is 1. The minimum absolute atomic E-state index is 0.181. The molecule has 0 spiro atoms. The number of rotatable bonds is 4. The summed E-state index contributed by atoms with van der Waals surface area (Å²) in [6.45, 7) is 8.50. The van der Waals surface area contributed by atoms with Crippen LogP contribution in [0.2, 0.25) is 0 Å². The van der Waals surface area contributed by atoms with Crippen molar-refractivity contribution in [2.24, 2.45) is 5.92 Å². The molecule has 1 aliphatic carbocycles. The molecule has 0 aromatic heterocycles. The van der Waals surface area contributed by atoms with E-state index in [1.165, 1.54) is 18.4 Å². The van der Waals surface area contributed by atoms with Crippen molar-refractivity contribution in [3.05, 3.63) is 45.7 Å². The van der Waals surface area contributed by atoms with Gasteiger partial charge >= 0.3 is 0 Å². The van der Waals surface area contributed by atoms with Gasteiger partial charge < -0.3 is 9.84 Å². The van der Waals surface area contributed by atoms with E-state index in [0.29, 0.717) is 5.75 Å². The highest BCUT2D eigenvalue weighted by Gasteiger charge is 2.37. The van der Waals surface area contributed by atoms with E-state index in [9.17, 15) is 5.11 Å². The highest BCUT2D eigenvalue weighted by atomic mass is 79.9. The van der Waals surface area contributed by atoms with E-state index < -0.39 is 0 Å². The number of aromatic hydroxyl groups is 1. The van der Waals surface area contributed by atoms with Crippen molar-refractivity contribution < 1.29 is 9.84 Å². The molecule has 3 rings (SSSR count). The molecule has 1 aliphatic heterocycles. The molecule has 23 heavy (non-hydrogen) atoms. The van der Waals surface area contributed by atoms with Crippen LogP contribution in [0.4, 0.5) is 0 Å². The van der Waals surface area contributed by atoms with Crippen molar-refractivity contribution in [2.75, 3.05) is 0 Å². The summed E-state index contributed by atoms with van der Waals surface area (Å²) in [7, 11) is 0. The van der Waals surface area contributed by atoms with Crippen LogP contribution in [-0.2, 0) is 6.42 Å². The molecule has 2 unspecified atom stereocenters. The van der Waals surface area contributed by atoms with Gasteiger partial charge in [-0.05, 0) is 60.2 Å². The zero-order chi connectivity index (χ0) is 16.6. The largest absolute Gasteiger partial charge is 0.506 e. The van der Waals surface area contributed by atoms with Gasteiger partial charge in [-0.25, -0.2) is 0 Å². The summed E-state index contributed by atoms with van der Waals surface area (Å²) in [4.78, 5) is 0. The average Bonchev–Trinajstić information content (AvgIpc) is 2.52. The first-order chi connectivity index (χ1) is 11.0. The van der Waals surface area contributed by atoms with Crippen LogP contribution < -0.4 is 4.74 Å². The minimum atomic E-state index is 0.181. The molecule has 0 radical (unpaired) electrons. The first-order valence-corrected chi connectivity index (χ1v) is 9.40. The van der Waals surface area contributed by atoms with Crippen molar-refractivity contribution >= 4 is 15.9 Å². The first-order valence-electron chi connectivity index (χ1n) is 8.61. The van der Waals surface area contributed by atoms with Gasteiger partial charge in [0.2, 0.25) is 0 Å². The fourth-order valence-corrected chi connectivity index (χ4v) is 4.30. The van der Waals surface area contributed by atoms with Crippen LogP contribution in [0.1, 0.15) is 63.0 Å². The second-order valence-electron chi connectivity index (χ2n) is 6.82. The number of allylic oxidation sites excluding steroid dienone is 3. The third-order valence-electron chi connectivity index (χ3n) is 5.10. The van der Waals surface area contributed by atoms with Crippen molar-refractivity contribution in [3.8, 4) is 11.5 Å². The standard InChI is InChI=1S/C20H25BrO2/c1-4-5-6-7-14-11-17-18(20(22)19(14)21)16-10-12(2)8-9-15(16)13(3)23-17/h10-11,15-16,22H,3-9H2,1-2H3. The molecule has 0 saturated carbocycles. The minimum Gasteiger partial charge on any atom is -0.506 e. The Balaban J connectivity index is 2.03. The molecule has 2 atom stereocenters. The molecule has 0 bridgehead atoms. The molecule has 1 aromatic rings. The maximum absolute atomic E-state index is 10.8. The molecule has 124 valence electrons. The SMILES string of the molecule is C=C1Oc2cc(CCCCC)c(Br)c(O)c2C2C=C(C)CCC12. The van der Waals surface area contributed by atoms with E-state index in [-0.39, 0.29) is 11.8 Å². The molecule has 3 heteroatoms. The van der Waals surface area contributed by atoms with E-state index in [2.05, 4.69) is 48.5 Å². The third kappa shape index (κ3) is 3.08. The van der Waals surface area contributed by atoms with Crippen LogP contribution in [0.15, 0.2) is 34.5 Å². The van der Waals surface area contributed by atoms with Gasteiger partial charge in [0.25, 0.3) is 0 Å². The van der Waals surface area contributed by atoms with Gasteiger partial charge in [-0.3, -0.25) is 0 Å². The number of hydrogen-bond donors (Lipinski definition) is 1. The van der Waals surface area contributed by atoms with Gasteiger partial charge in [0.1, 0.15) is 17.3 Å². The number of fused-ring (bicyclic) bond motifs is 3. The van der Waals surface area contributed by atoms with E-state index in [1.807, 2.05) is 0 Å². The van der Waals surface area contributed by atoms with Crippen LogP contribution in [0.3, 0.4) is 0 Å². The smallest absolute Gasteiger partial charge is 0.137 e. The highest BCUT2D eigenvalue weighted by Crippen LogP contribution is 2.53. The van der Waals surface area contributed by atoms with Gasteiger partial charge in [-0.1, -0.05) is 38.0 Å². The number of aryl methyl sites for hydroxylation is 1. The Morgan fingerprint density at radius 2 is 2.17 bits per heavy atom. The topological polar surface area (TPSA) is 29.5 Å². The van der Waals surface area contributed by atoms with Gasteiger partial charge in [0, 0.05) is 17.4 Å². The summed E-state index contributed by atoms with van der Waals surface area (Å²) in [5, 5.41) is 10.8. The zero-order valence-electron chi connectivity index (χ0n) is 14.0. The summed E-state index contributed by atoms with van der Waals surface area (Å²) in [5.74, 6) is 2.43. The molecule has 1 aromatic carbocycles. The Kier molecular flexibility index (Phi) is 4.86. The quantitative estimate of drug-likeness (QED) is 0.498. The molecule has 2 nitrogen and oxygen atoms in total. The molecular formula is C20H25BrO2. The van der Waals surface area contributed by atoms with Crippen LogP contribution in [0.25, 0.3) is 0 Å². The zero-order valence-corrected chi connectivity index (χ0v) is 15.6. The molecular weight excluding hydrogens is 352 g/mol. The first kappa shape index (κ1) is 16.6. The predicted molar refractivity (Wildman–Crippen MR) is 98.0 cm³/mol. The number of benzene rings is 1. The third-order valence-corrected chi connectivity index (χ3v) is 5.99. The lowest BCUT2D eigenvalue weighted by atomic mass is 9.74. The summed E-state index contributed by atoms with van der Waals surface area (Å²) in [5.41, 5.74) is 3.43. The van der Waals surface area contributed by atoms with Crippen molar-refractivity contribution in [3.63, 3.8) is 0 Å². The molecule has 1 heterocycles. The van der Waals surface area contributed by atoms with Gasteiger partial charge in [-0.2, -0.15) is 0 Å². The van der Waals surface area contributed by atoms with E-state index in [1.54, 1.807) is 0 Å². The van der Waals surface area contributed by atoms with Crippen LogP contribution in [-0.4, -0.2) is 5.11 Å². The van der Waals surface area contributed by atoms with Gasteiger partial charge in [-0.15, -0.1) is 0 Å². The second-order valence-corrected chi connectivity index (χ2v) is 7.61. The number of hydrogen-bond acceptors (Lipinski definition) is 2. The number of unbranched alkanes of at least 4 members (excludes halogenated alkanes) is 2. The second kappa shape index (κ2) is 6.72. The van der Waals surface area contributed by atoms with Gasteiger partial charge in [0.05, 0.1) is 4.47 Å². The number of phenols is 1. The maximum Gasteiger partial charge on any atom is 0.137 e. The van der Waals surface area contributed by atoms with Crippen molar-refractivity contribution in [1.29, 1.82) is 0 Å². The normalized spacial score (nSPS) is 22.9. The van der Waals surface area contributed by atoms with E-state index in [0.717, 1.165) is 52.8 Å². The molecule has 0 saturated heterocycles. The lowest BCUT2D eigenvalue weighted by Gasteiger charge is -2.37. The maximum atomic E-state index is 10.8. The Labute approximate surface area is 147 Å². The fraction of sp³-hybridized carbons (Fsp3) is 0.500. The Morgan fingerprint density at radius 3 is 2.91 bits per heavy atom. The number of ether oxygens (including phenoxy) is 1. The highest BCUT2D eigenvalue weighted by molar-refractivity contribution is 9.10. The van der Waals surface area contributed by atoms with Crippen molar-refractivity contribution in [2.45, 2.75) is 58.3 Å². The molecule has 0 amide bonds. The predicted octanol–water partition coefficient (Wildman–Crippen LogP) is 6.23. The van der Waals surface area contributed by atoms with Crippen molar-refractivity contribution in [1.82, 2.24) is 0 Å². The molecule has 1 N–H and O–H groups in total. The summed E-state index contributed by atoms with van der Waals surface area (Å²) < 4.78 is 6.85.